The molecule has 3 aromatic carbocycles. The van der Waals surface area contributed by atoms with Crippen LogP contribution in [0.1, 0.15) is 52.0 Å². The van der Waals surface area contributed by atoms with Crippen LogP contribution in [0.15, 0.2) is 72.9 Å². The number of anilines is 1. The molecule has 4 amide bonds. The summed E-state index contributed by atoms with van der Waals surface area (Å²) in [5.41, 5.74) is 3.64. The Labute approximate surface area is 254 Å². The van der Waals surface area contributed by atoms with E-state index in [1.54, 1.807) is 18.2 Å². The highest BCUT2D eigenvalue weighted by molar-refractivity contribution is 6.06. The average molecular weight is 589 g/mol. The van der Waals surface area contributed by atoms with Crippen LogP contribution in [0.2, 0.25) is 0 Å². The van der Waals surface area contributed by atoms with E-state index in [9.17, 15) is 19.2 Å². The van der Waals surface area contributed by atoms with Crippen LogP contribution < -0.4 is 15.5 Å². The van der Waals surface area contributed by atoms with Gasteiger partial charge in [0.1, 0.15) is 6.04 Å². The highest BCUT2D eigenvalue weighted by Gasteiger charge is 2.39. The highest BCUT2D eigenvalue weighted by atomic mass is 16.2. The normalized spacial score (nSPS) is 18.8. The van der Waals surface area contributed by atoms with Crippen molar-refractivity contribution in [2.24, 2.45) is 5.92 Å². The number of carbonyl (C=O) groups excluding carboxylic acids is 4. The van der Waals surface area contributed by atoms with Gasteiger partial charge in [-0.25, -0.2) is 9.97 Å². The number of imide groups is 1. The fourth-order valence-corrected chi connectivity index (χ4v) is 6.40. The molecule has 10 nitrogen and oxygen atoms in total. The van der Waals surface area contributed by atoms with Crippen LogP contribution in [-0.4, -0.2) is 64.2 Å². The number of benzene rings is 3. The Balaban J connectivity index is 0.934. The second-order valence-electron chi connectivity index (χ2n) is 11.7. The zero-order valence-electron chi connectivity index (χ0n) is 24.2. The summed E-state index contributed by atoms with van der Waals surface area (Å²) in [4.78, 5) is 62.9. The minimum atomic E-state index is -0.678. The molecule has 2 fully saturated rings. The maximum atomic E-state index is 13.0. The second-order valence-corrected chi connectivity index (χ2v) is 11.7. The highest BCUT2D eigenvalue weighted by Crippen LogP contribution is 2.29. The van der Waals surface area contributed by atoms with Crippen molar-refractivity contribution in [3.05, 3.63) is 89.6 Å². The molecule has 44 heavy (non-hydrogen) atoms. The van der Waals surface area contributed by atoms with E-state index in [1.165, 1.54) is 15.7 Å². The summed E-state index contributed by atoms with van der Waals surface area (Å²) in [6.45, 7) is 2.41. The first-order chi connectivity index (χ1) is 21.4. The summed E-state index contributed by atoms with van der Waals surface area (Å²) in [5, 5.41) is 7.75. The molecule has 0 spiro atoms. The van der Waals surface area contributed by atoms with Crippen molar-refractivity contribution in [3.63, 3.8) is 0 Å². The SMILES string of the molecule is O=C1CCC(N2Cc3cc(C(=O)NCC4CCN(c5nccc(-c6ccc7ccccc7c6)n5)CC4)ccc3C2=O)C(=O)N1. The first-order valence-electron chi connectivity index (χ1n) is 15.1. The minimum Gasteiger partial charge on any atom is -0.352 e. The van der Waals surface area contributed by atoms with E-state index in [-0.39, 0.29) is 30.7 Å². The maximum absolute atomic E-state index is 13.0. The first kappa shape index (κ1) is 27.7. The summed E-state index contributed by atoms with van der Waals surface area (Å²) in [7, 11) is 0. The van der Waals surface area contributed by atoms with E-state index in [1.807, 2.05) is 24.4 Å². The van der Waals surface area contributed by atoms with Crippen LogP contribution in [0.25, 0.3) is 22.0 Å². The predicted octanol–water partition coefficient (Wildman–Crippen LogP) is 3.70. The number of aromatic nitrogens is 2. The molecular formula is C34H32N6O4. The Morgan fingerprint density at radius 1 is 0.932 bits per heavy atom. The number of nitrogens with one attached hydrogen (secondary N) is 2. The molecule has 1 atom stereocenters. The van der Waals surface area contributed by atoms with E-state index >= 15 is 0 Å². The molecule has 4 heterocycles. The zero-order chi connectivity index (χ0) is 30.2. The van der Waals surface area contributed by atoms with Crippen molar-refractivity contribution < 1.29 is 19.2 Å². The summed E-state index contributed by atoms with van der Waals surface area (Å²) >= 11 is 0. The molecule has 4 aromatic rings. The van der Waals surface area contributed by atoms with Crippen molar-refractivity contribution in [2.75, 3.05) is 24.5 Å². The molecule has 2 saturated heterocycles. The van der Waals surface area contributed by atoms with Crippen LogP contribution in [-0.2, 0) is 16.1 Å². The van der Waals surface area contributed by atoms with Crippen molar-refractivity contribution in [1.82, 2.24) is 25.5 Å². The molecule has 10 heteroatoms. The minimum absolute atomic E-state index is 0.187. The number of hydrogen-bond donors (Lipinski definition) is 2. The molecule has 3 aliphatic heterocycles. The lowest BCUT2D eigenvalue weighted by molar-refractivity contribution is -0.136. The average Bonchev–Trinajstić information content (AvgIpc) is 3.38. The standard InChI is InChI=1S/C34H32N6O4/c41-30-10-9-29(32(43)38-30)40-20-26-18-25(7-8-27(26)33(40)44)31(42)36-19-21-12-15-39(16-13-21)34-35-14-11-28(37-34)24-6-5-22-3-1-2-4-23(22)17-24/h1-8,11,14,17-18,21,29H,9-10,12-13,15-16,19-20H2,(H,36,42)(H,38,41,43). The van der Waals surface area contributed by atoms with Gasteiger partial charge >= 0.3 is 0 Å². The molecular weight excluding hydrogens is 556 g/mol. The Morgan fingerprint density at radius 3 is 2.57 bits per heavy atom. The van der Waals surface area contributed by atoms with Gasteiger partial charge in [-0.2, -0.15) is 0 Å². The van der Waals surface area contributed by atoms with E-state index < -0.39 is 11.9 Å². The number of amides is 4. The second kappa shape index (κ2) is 11.5. The number of fused-ring (bicyclic) bond motifs is 2. The Kier molecular flexibility index (Phi) is 7.25. The Morgan fingerprint density at radius 2 is 1.75 bits per heavy atom. The van der Waals surface area contributed by atoms with Crippen LogP contribution in [0.4, 0.5) is 5.95 Å². The zero-order valence-corrected chi connectivity index (χ0v) is 24.2. The van der Waals surface area contributed by atoms with Gasteiger partial charge in [-0.05, 0) is 71.8 Å². The van der Waals surface area contributed by atoms with Crippen LogP contribution in [0, 0.1) is 5.92 Å². The summed E-state index contributed by atoms with van der Waals surface area (Å²) in [5.74, 6) is -0.154. The van der Waals surface area contributed by atoms with Gasteiger partial charge in [0, 0.05) is 55.5 Å². The van der Waals surface area contributed by atoms with E-state index in [2.05, 4.69) is 50.8 Å². The molecule has 0 aliphatic carbocycles. The predicted molar refractivity (Wildman–Crippen MR) is 165 cm³/mol. The molecule has 2 N–H and O–H groups in total. The monoisotopic (exact) mass is 588 g/mol. The van der Waals surface area contributed by atoms with Crippen molar-refractivity contribution in [3.8, 4) is 11.3 Å². The first-order valence-corrected chi connectivity index (χ1v) is 15.1. The van der Waals surface area contributed by atoms with Gasteiger partial charge in [-0.1, -0.05) is 36.4 Å². The number of nitrogens with zero attached hydrogens (tertiary/aromatic N) is 4. The number of piperidine rings is 2. The van der Waals surface area contributed by atoms with Gasteiger partial charge in [0.15, 0.2) is 0 Å². The number of rotatable bonds is 6. The van der Waals surface area contributed by atoms with E-state index in [4.69, 9.17) is 4.98 Å². The molecule has 1 unspecified atom stereocenters. The molecule has 222 valence electrons. The van der Waals surface area contributed by atoms with Crippen molar-refractivity contribution in [2.45, 2.75) is 38.3 Å². The molecule has 1 aromatic heterocycles. The maximum Gasteiger partial charge on any atom is 0.255 e. The van der Waals surface area contributed by atoms with Crippen molar-refractivity contribution in [1.29, 1.82) is 0 Å². The van der Waals surface area contributed by atoms with Crippen LogP contribution in [0.3, 0.4) is 0 Å². The lowest BCUT2D eigenvalue weighted by Crippen LogP contribution is -2.52. The van der Waals surface area contributed by atoms with Gasteiger partial charge < -0.3 is 15.1 Å². The van der Waals surface area contributed by atoms with Gasteiger partial charge in [-0.15, -0.1) is 0 Å². The molecule has 0 radical (unpaired) electrons. The Bertz CT molecular complexity index is 1800. The van der Waals surface area contributed by atoms with Gasteiger partial charge in [-0.3, -0.25) is 24.5 Å². The molecule has 0 saturated carbocycles. The quantitative estimate of drug-likeness (QED) is 0.329. The van der Waals surface area contributed by atoms with E-state index in [0.717, 1.165) is 43.1 Å². The number of hydrogen-bond acceptors (Lipinski definition) is 7. The third kappa shape index (κ3) is 5.39. The fraction of sp³-hybridized carbons (Fsp3) is 0.294. The molecule has 7 rings (SSSR count). The Hall–Kier alpha value is -5.12. The lowest BCUT2D eigenvalue weighted by atomic mass is 9.96. The molecule has 0 bridgehead atoms. The number of carbonyl (C=O) groups is 4. The van der Waals surface area contributed by atoms with Crippen molar-refractivity contribution >= 4 is 40.3 Å². The summed E-state index contributed by atoms with van der Waals surface area (Å²) in [6.07, 6.45) is 4.13. The fourth-order valence-electron chi connectivity index (χ4n) is 6.40. The van der Waals surface area contributed by atoms with Crippen LogP contribution >= 0.6 is 0 Å². The summed E-state index contributed by atoms with van der Waals surface area (Å²) in [6, 6.07) is 21.0. The summed E-state index contributed by atoms with van der Waals surface area (Å²) < 4.78 is 0. The smallest absolute Gasteiger partial charge is 0.255 e. The topological polar surface area (TPSA) is 125 Å². The third-order valence-corrected chi connectivity index (χ3v) is 8.92. The van der Waals surface area contributed by atoms with Gasteiger partial charge in [0.05, 0.1) is 5.69 Å². The van der Waals surface area contributed by atoms with Crippen LogP contribution in [0.5, 0.6) is 0 Å². The largest absolute Gasteiger partial charge is 0.352 e. The lowest BCUT2D eigenvalue weighted by Gasteiger charge is -2.32. The third-order valence-electron chi connectivity index (χ3n) is 8.92. The van der Waals surface area contributed by atoms with Gasteiger partial charge in [0.25, 0.3) is 11.8 Å². The molecule has 3 aliphatic rings. The van der Waals surface area contributed by atoms with E-state index in [0.29, 0.717) is 35.6 Å². The van der Waals surface area contributed by atoms with Gasteiger partial charge in [0.2, 0.25) is 17.8 Å².